The van der Waals surface area contributed by atoms with Gasteiger partial charge in [-0.3, -0.25) is 10.2 Å². The van der Waals surface area contributed by atoms with Crippen LogP contribution in [0.15, 0.2) is 46.8 Å². The second-order valence-corrected chi connectivity index (χ2v) is 4.42. The van der Waals surface area contributed by atoms with Gasteiger partial charge in [0.2, 0.25) is 5.43 Å². The van der Waals surface area contributed by atoms with E-state index in [2.05, 4.69) is 32.6 Å². The van der Waals surface area contributed by atoms with E-state index >= 15 is 0 Å². The zero-order valence-corrected chi connectivity index (χ0v) is 14.1. The number of aryl methyl sites for hydroxylation is 1. The molecule has 0 atom stereocenters. The maximum Gasteiger partial charge on any atom is 0.206 e. The van der Waals surface area contributed by atoms with Gasteiger partial charge in [-0.25, -0.2) is 0 Å². The first-order valence-corrected chi connectivity index (χ1v) is 7.44. The minimum Gasteiger partial charge on any atom is -0.327 e. The molecule has 1 aromatic rings. The van der Waals surface area contributed by atoms with Gasteiger partial charge >= 0.3 is 0 Å². The Bertz CT molecular complexity index is 529. The van der Waals surface area contributed by atoms with E-state index in [0.717, 1.165) is 12.8 Å². The summed E-state index contributed by atoms with van der Waals surface area (Å²) in [6, 6.07) is 1.56. The molecule has 0 heterocycles. The van der Waals surface area contributed by atoms with Gasteiger partial charge in [0.15, 0.2) is 0 Å². The van der Waals surface area contributed by atoms with Crippen LogP contribution in [0.25, 0.3) is 0 Å². The highest BCUT2D eigenvalue weighted by Crippen LogP contribution is 2.05. The zero-order valence-electron chi connectivity index (χ0n) is 14.1. The number of nitrogens with one attached hydrogen (secondary N) is 1. The van der Waals surface area contributed by atoms with Crippen molar-refractivity contribution in [1.82, 2.24) is 0 Å². The van der Waals surface area contributed by atoms with Crippen LogP contribution in [-0.4, -0.2) is 6.54 Å². The van der Waals surface area contributed by atoms with Crippen LogP contribution in [0.5, 0.6) is 0 Å². The third-order valence-electron chi connectivity index (χ3n) is 2.74. The number of allylic oxidation sites excluding steroid dienone is 3. The van der Waals surface area contributed by atoms with Gasteiger partial charge in [0.05, 0.1) is 0 Å². The van der Waals surface area contributed by atoms with Crippen LogP contribution in [0.2, 0.25) is 0 Å². The van der Waals surface area contributed by atoms with Gasteiger partial charge in [0.25, 0.3) is 0 Å². The summed E-state index contributed by atoms with van der Waals surface area (Å²) in [5.41, 5.74) is 8.73. The molecule has 0 aliphatic rings. The largest absolute Gasteiger partial charge is 0.327 e. The second-order valence-electron chi connectivity index (χ2n) is 4.42. The monoisotopic (exact) mass is 290 g/mol. The van der Waals surface area contributed by atoms with E-state index < -0.39 is 0 Å². The first-order chi connectivity index (χ1) is 9.96. The van der Waals surface area contributed by atoms with Crippen LogP contribution < -0.4 is 16.5 Å². The molecule has 0 radical (unpaired) electrons. The molecule has 0 spiro atoms. The SMILES string of the molecule is C=CC/C=C(\C=C(/C)CC)CN.CC.Cc1cc(=N)c1=O. The Morgan fingerprint density at radius 3 is 2.24 bits per heavy atom. The topological polar surface area (TPSA) is 66.9 Å². The molecular formula is C18H30N2O. The summed E-state index contributed by atoms with van der Waals surface area (Å²) in [4.78, 5) is 10.3. The van der Waals surface area contributed by atoms with E-state index in [-0.39, 0.29) is 10.8 Å². The average molecular weight is 290 g/mol. The van der Waals surface area contributed by atoms with Crippen molar-refractivity contribution in [2.45, 2.75) is 47.5 Å². The summed E-state index contributed by atoms with van der Waals surface area (Å²) in [5.74, 6) is 0. The quantitative estimate of drug-likeness (QED) is 0.643. The summed E-state index contributed by atoms with van der Waals surface area (Å²) in [6.45, 7) is 14.3. The highest BCUT2D eigenvalue weighted by atomic mass is 16.1. The molecule has 0 aromatic heterocycles. The van der Waals surface area contributed by atoms with Crippen LogP contribution in [-0.2, 0) is 0 Å². The molecule has 0 aliphatic heterocycles. The first-order valence-electron chi connectivity index (χ1n) is 7.44. The maximum atomic E-state index is 10.3. The number of nitrogens with two attached hydrogens (primary N) is 1. The Morgan fingerprint density at radius 2 is 2.00 bits per heavy atom. The molecule has 1 aromatic carbocycles. The van der Waals surface area contributed by atoms with Crippen molar-refractivity contribution in [2.75, 3.05) is 6.54 Å². The van der Waals surface area contributed by atoms with Crippen LogP contribution in [0.1, 0.15) is 46.1 Å². The first kappa shape index (κ1) is 21.6. The van der Waals surface area contributed by atoms with E-state index in [9.17, 15) is 4.79 Å². The Balaban J connectivity index is 0. The number of hydrogen-bond donors (Lipinski definition) is 2. The van der Waals surface area contributed by atoms with Crippen molar-refractivity contribution < 1.29 is 0 Å². The summed E-state index contributed by atoms with van der Waals surface area (Å²) in [5, 5.41) is 6.88. The van der Waals surface area contributed by atoms with Gasteiger partial charge < -0.3 is 5.73 Å². The number of rotatable bonds is 5. The minimum atomic E-state index is -0.111. The van der Waals surface area contributed by atoms with Crippen LogP contribution in [0.3, 0.4) is 0 Å². The van der Waals surface area contributed by atoms with Crippen molar-refractivity contribution in [3.05, 3.63) is 63.2 Å². The van der Waals surface area contributed by atoms with E-state index in [1.54, 1.807) is 13.0 Å². The zero-order chi connectivity index (χ0) is 16.8. The van der Waals surface area contributed by atoms with E-state index in [1.807, 2.05) is 19.9 Å². The minimum absolute atomic E-state index is 0.111. The third kappa shape index (κ3) is 9.74. The van der Waals surface area contributed by atoms with Crippen molar-refractivity contribution in [3.63, 3.8) is 0 Å². The molecule has 0 bridgehead atoms. The highest BCUT2D eigenvalue weighted by Gasteiger charge is 1.96. The van der Waals surface area contributed by atoms with Crippen molar-refractivity contribution in [3.8, 4) is 0 Å². The maximum absolute atomic E-state index is 10.3. The van der Waals surface area contributed by atoms with Crippen molar-refractivity contribution >= 4 is 0 Å². The standard InChI is InChI=1S/C11H19N.C5H5NO.C2H6/c1-4-6-7-11(9-12)8-10(3)5-2;1-3-2-4(6)5(3)7;1-2/h4,7-8H,1,5-6,9,12H2,2-3H3;2,6H,1H3;1-2H3/b10-8+,11-7+;;. The predicted molar refractivity (Wildman–Crippen MR) is 93.0 cm³/mol. The van der Waals surface area contributed by atoms with Crippen molar-refractivity contribution in [2.24, 2.45) is 5.73 Å². The fourth-order valence-corrected chi connectivity index (χ4v) is 1.34. The van der Waals surface area contributed by atoms with Crippen LogP contribution in [0, 0.1) is 12.3 Å². The molecule has 0 amide bonds. The average Bonchev–Trinajstić information content (AvgIpc) is 2.53. The molecular weight excluding hydrogens is 260 g/mol. The smallest absolute Gasteiger partial charge is 0.206 e. The molecule has 0 unspecified atom stereocenters. The lowest BCUT2D eigenvalue weighted by Crippen LogP contribution is -2.31. The lowest BCUT2D eigenvalue weighted by molar-refractivity contribution is 1.07. The number of hydrogen-bond acceptors (Lipinski definition) is 3. The Hall–Kier alpha value is -1.74. The lowest BCUT2D eigenvalue weighted by atomic mass is 10.1. The molecule has 3 N–H and O–H groups in total. The van der Waals surface area contributed by atoms with E-state index in [1.165, 1.54) is 11.1 Å². The second kappa shape index (κ2) is 13.3. The van der Waals surface area contributed by atoms with Crippen LogP contribution in [0.4, 0.5) is 0 Å². The molecule has 0 saturated carbocycles. The van der Waals surface area contributed by atoms with Gasteiger partial charge in [0, 0.05) is 12.1 Å². The van der Waals surface area contributed by atoms with Gasteiger partial charge in [-0.15, -0.1) is 6.58 Å². The third-order valence-corrected chi connectivity index (χ3v) is 2.74. The predicted octanol–water partition coefficient (Wildman–Crippen LogP) is 3.54. The molecule has 0 fully saturated rings. The molecule has 3 heteroatoms. The Morgan fingerprint density at radius 1 is 1.43 bits per heavy atom. The molecule has 21 heavy (non-hydrogen) atoms. The molecule has 0 aliphatic carbocycles. The van der Waals surface area contributed by atoms with Gasteiger partial charge in [-0.1, -0.05) is 44.6 Å². The summed E-state index contributed by atoms with van der Waals surface area (Å²) >= 11 is 0. The normalized spacial score (nSPS) is 11.1. The highest BCUT2D eigenvalue weighted by molar-refractivity contribution is 5.24. The lowest BCUT2D eigenvalue weighted by Gasteiger charge is -1.99. The molecule has 3 nitrogen and oxygen atoms in total. The Kier molecular flexibility index (Phi) is 13.6. The fraction of sp³-hybridized carbons (Fsp3) is 0.444. The van der Waals surface area contributed by atoms with Gasteiger partial charge in [-0.2, -0.15) is 0 Å². The van der Waals surface area contributed by atoms with E-state index in [0.29, 0.717) is 12.1 Å². The Labute approximate surface area is 129 Å². The van der Waals surface area contributed by atoms with Gasteiger partial charge in [-0.05, 0) is 38.3 Å². The van der Waals surface area contributed by atoms with Gasteiger partial charge in [0.1, 0.15) is 5.36 Å². The molecule has 0 saturated heterocycles. The summed E-state index contributed by atoms with van der Waals surface area (Å²) < 4.78 is 0. The van der Waals surface area contributed by atoms with Crippen LogP contribution >= 0.6 is 0 Å². The van der Waals surface area contributed by atoms with E-state index in [4.69, 9.17) is 11.1 Å². The summed E-state index contributed by atoms with van der Waals surface area (Å²) in [7, 11) is 0. The summed E-state index contributed by atoms with van der Waals surface area (Å²) in [6.07, 6.45) is 8.14. The molecule has 118 valence electrons. The molecule has 1 rings (SSSR count). The fourth-order valence-electron chi connectivity index (χ4n) is 1.34. The van der Waals surface area contributed by atoms with Crippen molar-refractivity contribution in [1.29, 1.82) is 5.41 Å².